The summed E-state index contributed by atoms with van der Waals surface area (Å²) in [5.74, 6) is 0. The molecule has 0 N–H and O–H groups in total. The Bertz CT molecular complexity index is 3160. The van der Waals surface area contributed by atoms with Crippen LogP contribution >= 0.6 is 0 Å². The lowest BCUT2D eigenvalue weighted by Crippen LogP contribution is -2.49. The van der Waals surface area contributed by atoms with E-state index in [0.717, 1.165) is 0 Å². The van der Waals surface area contributed by atoms with Crippen LogP contribution in [-0.2, 0) is 0 Å². The molecule has 284 valence electrons. The minimum absolute atomic E-state index is 1.21. The first-order chi connectivity index (χ1) is 29.5. The highest BCUT2D eigenvalue weighted by molar-refractivity contribution is 7.03. The quantitative estimate of drug-likeness (QED) is 0.142. The molecule has 1 aromatic heterocycles. The van der Waals surface area contributed by atoms with Crippen molar-refractivity contribution < 1.29 is 0 Å². The van der Waals surface area contributed by atoms with Crippen LogP contribution in [0.25, 0.3) is 94.5 Å². The average molecular weight is 782 g/mol. The van der Waals surface area contributed by atoms with Crippen molar-refractivity contribution in [1.29, 1.82) is 0 Å². The molecule has 0 radical (unpaired) electrons. The van der Waals surface area contributed by atoms with Gasteiger partial charge in [0.15, 0.2) is 0 Å². The summed E-state index contributed by atoms with van der Waals surface area (Å²) in [5, 5.41) is 4.29. The number of aromatic nitrogens is 1. The Hall–Kier alpha value is -7.26. The van der Waals surface area contributed by atoms with Gasteiger partial charge < -0.3 is 4.57 Å². The molecular weight excluding hydrogens is 739 g/mol. The van der Waals surface area contributed by atoms with Crippen molar-refractivity contribution in [3.05, 3.63) is 225 Å². The maximum absolute atomic E-state index is 2.49. The third-order valence-corrected chi connectivity index (χ3v) is 16.3. The standard InChI is InChI=1S/C58H43NSi/c1-60(2)57-16-10-9-15-52(57)53-35-34-51(38-58(53)60)59-39-55(49-31-29-47(30-32-49)45-23-19-43(20-24-45)41-13-7-4-8-14-41)54-37-50(33-36-56(54)59)48-27-25-46(26-28-48)44-21-17-42(18-22-44)40-11-5-3-6-12-40/h3-39H,1-2H3. The predicted molar refractivity (Wildman–Crippen MR) is 258 cm³/mol. The summed E-state index contributed by atoms with van der Waals surface area (Å²) in [6.07, 6.45) is 2.36. The van der Waals surface area contributed by atoms with Crippen LogP contribution in [0.1, 0.15) is 0 Å². The molecule has 1 nitrogen and oxygen atoms in total. The molecule has 60 heavy (non-hydrogen) atoms. The van der Waals surface area contributed by atoms with Gasteiger partial charge in [-0.15, -0.1) is 0 Å². The summed E-state index contributed by atoms with van der Waals surface area (Å²) in [7, 11) is -1.85. The largest absolute Gasteiger partial charge is 0.316 e. The Labute approximate surface area is 353 Å². The highest BCUT2D eigenvalue weighted by atomic mass is 28.3. The fourth-order valence-corrected chi connectivity index (χ4v) is 12.5. The molecule has 2 heteroatoms. The highest BCUT2D eigenvalue weighted by Gasteiger charge is 2.37. The van der Waals surface area contributed by atoms with Gasteiger partial charge in [-0.3, -0.25) is 0 Å². The van der Waals surface area contributed by atoms with Gasteiger partial charge in [0.2, 0.25) is 0 Å². The molecule has 10 aromatic rings. The number of fused-ring (bicyclic) bond motifs is 4. The molecule has 0 saturated carbocycles. The maximum atomic E-state index is 2.49. The molecule has 0 saturated heterocycles. The highest BCUT2D eigenvalue weighted by Crippen LogP contribution is 2.38. The monoisotopic (exact) mass is 781 g/mol. The zero-order valence-corrected chi connectivity index (χ0v) is 34.8. The number of hydrogen-bond donors (Lipinski definition) is 0. The molecule has 1 aliphatic heterocycles. The second-order valence-corrected chi connectivity index (χ2v) is 20.9. The van der Waals surface area contributed by atoms with Gasteiger partial charge in [0.05, 0.1) is 5.52 Å². The fraction of sp³-hybridized carbons (Fsp3) is 0.0345. The molecule has 0 atom stereocenters. The lowest BCUT2D eigenvalue weighted by Gasteiger charge is -2.19. The normalized spacial score (nSPS) is 12.6. The molecule has 0 spiro atoms. The zero-order valence-electron chi connectivity index (χ0n) is 33.8. The molecule has 0 fully saturated rings. The third kappa shape index (κ3) is 6.25. The molecule has 9 aromatic carbocycles. The van der Waals surface area contributed by atoms with Crippen molar-refractivity contribution in [2.45, 2.75) is 13.1 Å². The van der Waals surface area contributed by atoms with Crippen LogP contribution in [0.15, 0.2) is 225 Å². The van der Waals surface area contributed by atoms with E-state index >= 15 is 0 Å². The Kier molecular flexibility index (Phi) is 8.69. The second kappa shape index (κ2) is 14.5. The van der Waals surface area contributed by atoms with Crippen LogP contribution in [0.2, 0.25) is 13.1 Å². The van der Waals surface area contributed by atoms with Crippen molar-refractivity contribution in [2.24, 2.45) is 0 Å². The maximum Gasteiger partial charge on any atom is 0.113 e. The Balaban J connectivity index is 0.968. The average Bonchev–Trinajstić information content (AvgIpc) is 3.81. The summed E-state index contributed by atoms with van der Waals surface area (Å²) >= 11 is 0. The van der Waals surface area contributed by atoms with E-state index in [2.05, 4.69) is 242 Å². The van der Waals surface area contributed by atoms with Gasteiger partial charge in [0, 0.05) is 22.8 Å². The van der Waals surface area contributed by atoms with E-state index in [1.54, 1.807) is 0 Å². The van der Waals surface area contributed by atoms with E-state index < -0.39 is 8.07 Å². The SMILES string of the molecule is C[Si]1(C)c2ccccc2-c2ccc(-n3cc(-c4ccc(-c5ccc(-c6ccccc6)cc5)cc4)c4cc(-c5ccc(-c6ccc(-c7ccccc7)cc6)cc5)ccc43)cc21. The van der Waals surface area contributed by atoms with Crippen LogP contribution in [0.3, 0.4) is 0 Å². The first-order valence-electron chi connectivity index (χ1n) is 20.9. The van der Waals surface area contributed by atoms with Gasteiger partial charge in [-0.05, 0) is 107 Å². The topological polar surface area (TPSA) is 4.93 Å². The van der Waals surface area contributed by atoms with Crippen molar-refractivity contribution in [2.75, 3.05) is 0 Å². The number of hydrogen-bond acceptors (Lipinski definition) is 0. The van der Waals surface area contributed by atoms with E-state index in [0.29, 0.717) is 0 Å². The van der Waals surface area contributed by atoms with E-state index in [-0.39, 0.29) is 0 Å². The van der Waals surface area contributed by atoms with E-state index in [1.165, 1.54) is 105 Å². The summed E-state index contributed by atoms with van der Waals surface area (Å²) in [5.41, 5.74) is 19.9. The van der Waals surface area contributed by atoms with Crippen molar-refractivity contribution in [3.63, 3.8) is 0 Å². The number of benzene rings is 9. The molecule has 0 amide bonds. The molecule has 11 rings (SSSR count). The first-order valence-corrected chi connectivity index (χ1v) is 23.9. The lowest BCUT2D eigenvalue weighted by atomic mass is 9.96. The zero-order chi connectivity index (χ0) is 40.2. The summed E-state index contributed by atoms with van der Waals surface area (Å²) in [6.45, 7) is 4.99. The second-order valence-electron chi connectivity index (χ2n) is 16.6. The van der Waals surface area contributed by atoms with Crippen LogP contribution in [0, 0.1) is 0 Å². The van der Waals surface area contributed by atoms with Crippen molar-refractivity contribution in [1.82, 2.24) is 4.57 Å². The summed E-state index contributed by atoms with van der Waals surface area (Å²) < 4.78 is 2.42. The minimum atomic E-state index is -1.85. The van der Waals surface area contributed by atoms with E-state index in [9.17, 15) is 0 Å². The van der Waals surface area contributed by atoms with Gasteiger partial charge in [-0.25, -0.2) is 0 Å². The molecular formula is C58H43NSi. The van der Waals surface area contributed by atoms with Crippen molar-refractivity contribution >= 4 is 29.4 Å². The molecule has 0 bridgehead atoms. The van der Waals surface area contributed by atoms with Crippen LogP contribution in [0.5, 0.6) is 0 Å². The van der Waals surface area contributed by atoms with Gasteiger partial charge >= 0.3 is 0 Å². The Morgan fingerprint density at radius 2 is 0.700 bits per heavy atom. The van der Waals surface area contributed by atoms with Crippen LogP contribution in [0.4, 0.5) is 0 Å². The summed E-state index contributed by atoms with van der Waals surface area (Å²) in [4.78, 5) is 0. The number of nitrogens with zero attached hydrogens (tertiary/aromatic N) is 1. The van der Waals surface area contributed by atoms with Crippen LogP contribution < -0.4 is 10.4 Å². The molecule has 0 aliphatic carbocycles. The summed E-state index contributed by atoms with van der Waals surface area (Å²) in [6, 6.07) is 80.3. The Morgan fingerprint density at radius 1 is 0.300 bits per heavy atom. The van der Waals surface area contributed by atoms with Crippen LogP contribution in [-0.4, -0.2) is 12.6 Å². The molecule has 0 unspecified atom stereocenters. The molecule has 1 aliphatic rings. The third-order valence-electron chi connectivity index (χ3n) is 12.7. The van der Waals surface area contributed by atoms with Gasteiger partial charge in [0.25, 0.3) is 0 Å². The minimum Gasteiger partial charge on any atom is -0.316 e. The van der Waals surface area contributed by atoms with E-state index in [1.807, 2.05) is 0 Å². The Morgan fingerprint density at radius 3 is 1.22 bits per heavy atom. The number of rotatable bonds is 7. The molecule has 2 heterocycles. The smallest absolute Gasteiger partial charge is 0.113 e. The van der Waals surface area contributed by atoms with Gasteiger partial charge in [-0.2, -0.15) is 0 Å². The van der Waals surface area contributed by atoms with Gasteiger partial charge in [-0.1, -0.05) is 207 Å². The predicted octanol–water partition coefficient (Wildman–Crippen LogP) is 14.4. The lowest BCUT2D eigenvalue weighted by molar-refractivity contribution is 1.13. The van der Waals surface area contributed by atoms with Gasteiger partial charge in [0.1, 0.15) is 8.07 Å². The fourth-order valence-electron chi connectivity index (χ4n) is 9.36. The van der Waals surface area contributed by atoms with Crippen molar-refractivity contribution in [3.8, 4) is 83.6 Å². The first kappa shape index (κ1) is 35.9. The van der Waals surface area contributed by atoms with E-state index in [4.69, 9.17) is 0 Å².